The molecule has 2 fully saturated rings. The number of hydrogen-bond acceptors (Lipinski definition) is 5. The van der Waals surface area contributed by atoms with Gasteiger partial charge in [0.25, 0.3) is 5.91 Å². The molecule has 2 heterocycles. The maximum Gasteiger partial charge on any atom is 0.251 e. The predicted octanol–water partition coefficient (Wildman–Crippen LogP) is 3.14. The molecule has 2 aromatic carbocycles. The first kappa shape index (κ1) is 25.8. The number of carbonyl (C=O) groups is 1. The molecular weight excluding hydrogens is 486 g/mol. The average Bonchev–Trinajstić information content (AvgIpc) is 3.41. The number of sulfonamides is 2. The molecule has 0 aromatic heterocycles. The minimum Gasteiger partial charge on any atom is -0.352 e. The summed E-state index contributed by atoms with van der Waals surface area (Å²) in [4.78, 5) is 13.1. The van der Waals surface area contributed by atoms with Crippen molar-refractivity contribution in [2.24, 2.45) is 0 Å². The van der Waals surface area contributed by atoms with Crippen molar-refractivity contribution < 1.29 is 21.6 Å². The van der Waals surface area contributed by atoms with Crippen LogP contribution in [0.15, 0.2) is 58.3 Å². The minimum absolute atomic E-state index is 0.177. The van der Waals surface area contributed by atoms with Crippen LogP contribution in [0, 0.1) is 6.92 Å². The van der Waals surface area contributed by atoms with Crippen LogP contribution in [0.5, 0.6) is 0 Å². The Bertz CT molecular complexity index is 1240. The average molecular weight is 520 g/mol. The van der Waals surface area contributed by atoms with Gasteiger partial charge in [-0.05, 0) is 75.4 Å². The first-order chi connectivity index (χ1) is 16.7. The third-order valence-corrected chi connectivity index (χ3v) is 10.7. The number of rotatable bonds is 8. The molecule has 1 unspecified atom stereocenters. The highest BCUT2D eigenvalue weighted by molar-refractivity contribution is 7.89. The van der Waals surface area contributed by atoms with Gasteiger partial charge in [-0.3, -0.25) is 4.79 Å². The fourth-order valence-electron chi connectivity index (χ4n) is 4.73. The van der Waals surface area contributed by atoms with Gasteiger partial charge >= 0.3 is 0 Å². The second-order valence-electron chi connectivity index (χ2n) is 9.26. The Morgan fingerprint density at radius 2 is 1.40 bits per heavy atom. The third-order valence-electron chi connectivity index (χ3n) is 6.78. The van der Waals surface area contributed by atoms with Crippen molar-refractivity contribution in [2.75, 3.05) is 26.2 Å². The van der Waals surface area contributed by atoms with Gasteiger partial charge in [0.05, 0.1) is 9.79 Å². The van der Waals surface area contributed by atoms with Crippen LogP contribution in [0.3, 0.4) is 0 Å². The van der Waals surface area contributed by atoms with E-state index >= 15 is 0 Å². The number of benzene rings is 2. The highest BCUT2D eigenvalue weighted by Gasteiger charge is 2.33. The van der Waals surface area contributed by atoms with Crippen LogP contribution in [0.2, 0.25) is 0 Å². The molecule has 4 rings (SSSR count). The van der Waals surface area contributed by atoms with Crippen LogP contribution < -0.4 is 5.32 Å². The van der Waals surface area contributed by atoms with Crippen LogP contribution in [0.4, 0.5) is 0 Å². The molecular formula is C25H33N3O5S2. The van der Waals surface area contributed by atoms with Crippen LogP contribution in [0.25, 0.3) is 0 Å². The Labute approximate surface area is 208 Å². The van der Waals surface area contributed by atoms with Crippen molar-refractivity contribution in [1.29, 1.82) is 0 Å². The molecule has 0 bridgehead atoms. The van der Waals surface area contributed by atoms with E-state index in [9.17, 15) is 21.6 Å². The molecule has 0 radical (unpaired) electrons. The normalized spacial score (nSPS) is 20.1. The summed E-state index contributed by atoms with van der Waals surface area (Å²) in [6, 6.07) is 12.7. The molecule has 2 aromatic rings. The maximum atomic E-state index is 13.2. The number of nitrogens with zero attached hydrogens (tertiary/aromatic N) is 2. The van der Waals surface area contributed by atoms with E-state index in [4.69, 9.17) is 0 Å². The van der Waals surface area contributed by atoms with Gasteiger partial charge in [0.2, 0.25) is 20.0 Å². The molecule has 190 valence electrons. The summed E-state index contributed by atoms with van der Waals surface area (Å²) in [7, 11) is -7.12. The minimum atomic E-state index is -3.60. The van der Waals surface area contributed by atoms with Gasteiger partial charge in [0, 0.05) is 37.8 Å². The third kappa shape index (κ3) is 5.77. The van der Waals surface area contributed by atoms with E-state index in [-0.39, 0.29) is 16.8 Å². The van der Waals surface area contributed by atoms with Crippen molar-refractivity contribution in [3.05, 3.63) is 59.7 Å². The molecule has 1 atom stereocenters. The van der Waals surface area contributed by atoms with Gasteiger partial charge in [-0.15, -0.1) is 0 Å². The van der Waals surface area contributed by atoms with Gasteiger partial charge in [0.1, 0.15) is 0 Å². The van der Waals surface area contributed by atoms with E-state index < -0.39 is 20.0 Å². The number of nitrogens with one attached hydrogen (secondary N) is 1. The van der Waals surface area contributed by atoms with E-state index in [1.165, 1.54) is 28.6 Å². The van der Waals surface area contributed by atoms with E-state index in [0.717, 1.165) is 37.7 Å². The van der Waals surface area contributed by atoms with Crippen LogP contribution in [-0.2, 0) is 20.0 Å². The lowest BCUT2D eigenvalue weighted by molar-refractivity contribution is 0.0949. The van der Waals surface area contributed by atoms with Gasteiger partial charge in [0.15, 0.2) is 0 Å². The monoisotopic (exact) mass is 519 g/mol. The molecule has 2 aliphatic rings. The summed E-state index contributed by atoms with van der Waals surface area (Å²) in [5, 5.41) is 2.86. The quantitative estimate of drug-likeness (QED) is 0.577. The Kier molecular flexibility index (Phi) is 7.95. The van der Waals surface area contributed by atoms with Crippen molar-refractivity contribution >= 4 is 26.0 Å². The van der Waals surface area contributed by atoms with Crippen LogP contribution in [0.1, 0.15) is 54.4 Å². The molecule has 8 nitrogen and oxygen atoms in total. The lowest BCUT2D eigenvalue weighted by Crippen LogP contribution is -2.45. The summed E-state index contributed by atoms with van der Waals surface area (Å²) >= 11 is 0. The van der Waals surface area contributed by atoms with Gasteiger partial charge in [-0.1, -0.05) is 24.1 Å². The Hall–Kier alpha value is -2.27. The lowest BCUT2D eigenvalue weighted by Gasteiger charge is -2.34. The molecule has 2 saturated heterocycles. The summed E-state index contributed by atoms with van der Waals surface area (Å²) in [6.45, 7) is 3.78. The zero-order valence-electron chi connectivity index (χ0n) is 20.0. The summed E-state index contributed by atoms with van der Waals surface area (Å²) in [5.74, 6) is -0.307. The van der Waals surface area contributed by atoms with Crippen LogP contribution >= 0.6 is 0 Å². The van der Waals surface area contributed by atoms with Crippen LogP contribution in [-0.4, -0.2) is 63.6 Å². The number of hydrogen-bond donors (Lipinski definition) is 1. The van der Waals surface area contributed by atoms with Crippen molar-refractivity contribution in [2.45, 2.75) is 61.3 Å². The summed E-state index contributed by atoms with van der Waals surface area (Å²) in [6.07, 6.45) is 4.77. The molecule has 10 heteroatoms. The Morgan fingerprint density at radius 3 is 2.06 bits per heavy atom. The molecule has 2 aliphatic heterocycles. The molecule has 0 aliphatic carbocycles. The molecule has 35 heavy (non-hydrogen) atoms. The highest BCUT2D eigenvalue weighted by Crippen LogP contribution is 2.27. The first-order valence-electron chi connectivity index (χ1n) is 12.2. The lowest BCUT2D eigenvalue weighted by atomic mass is 10.0. The topological polar surface area (TPSA) is 104 Å². The zero-order valence-corrected chi connectivity index (χ0v) is 21.7. The molecule has 0 spiro atoms. The zero-order chi connectivity index (χ0) is 25.1. The Balaban J connectivity index is 1.36. The molecule has 1 amide bonds. The first-order valence-corrected chi connectivity index (χ1v) is 15.0. The number of aryl methyl sites for hydroxylation is 1. The summed E-state index contributed by atoms with van der Waals surface area (Å²) in [5.41, 5.74) is 1.38. The van der Waals surface area contributed by atoms with Crippen molar-refractivity contribution in [1.82, 2.24) is 13.9 Å². The maximum absolute atomic E-state index is 13.2. The van der Waals surface area contributed by atoms with Gasteiger partial charge in [-0.25, -0.2) is 16.8 Å². The standard InChI is InChI=1S/C25H33N3O5S2/c1-20-7-11-24(12-8-20)35(32,33)28-19-3-2-6-22(28)15-16-26-25(29)21-9-13-23(14-10-21)34(30,31)27-17-4-5-18-27/h7-14,22H,2-6,15-19H2,1H3,(H,26,29). The second kappa shape index (κ2) is 10.8. The fraction of sp³-hybridized carbons (Fsp3) is 0.480. The van der Waals surface area contributed by atoms with E-state index in [2.05, 4.69) is 5.32 Å². The molecule has 1 N–H and O–H groups in total. The van der Waals surface area contributed by atoms with Gasteiger partial charge < -0.3 is 5.32 Å². The second-order valence-corrected chi connectivity index (χ2v) is 13.1. The number of carbonyl (C=O) groups excluding carboxylic acids is 1. The number of amides is 1. The van der Waals surface area contributed by atoms with E-state index in [1.807, 2.05) is 6.92 Å². The van der Waals surface area contributed by atoms with Crippen molar-refractivity contribution in [3.8, 4) is 0 Å². The predicted molar refractivity (Wildman–Crippen MR) is 134 cm³/mol. The van der Waals surface area contributed by atoms with Gasteiger partial charge in [-0.2, -0.15) is 8.61 Å². The smallest absolute Gasteiger partial charge is 0.251 e. The SMILES string of the molecule is Cc1ccc(S(=O)(=O)N2CCCCC2CCNC(=O)c2ccc(S(=O)(=O)N3CCCC3)cc2)cc1. The Morgan fingerprint density at radius 1 is 0.829 bits per heavy atom. The largest absolute Gasteiger partial charge is 0.352 e. The fourth-order valence-corrected chi connectivity index (χ4v) is 7.98. The highest BCUT2D eigenvalue weighted by atomic mass is 32.2. The number of piperidine rings is 1. The van der Waals surface area contributed by atoms with Crippen molar-refractivity contribution in [3.63, 3.8) is 0 Å². The van der Waals surface area contributed by atoms with E-state index in [0.29, 0.717) is 43.1 Å². The van der Waals surface area contributed by atoms with E-state index in [1.54, 1.807) is 28.6 Å². The molecule has 0 saturated carbocycles. The summed E-state index contributed by atoms with van der Waals surface area (Å²) < 4.78 is 54.8.